The maximum Gasteiger partial charge on any atom is 0.193 e. The highest BCUT2D eigenvalue weighted by Gasteiger charge is 2.23. The maximum atomic E-state index is 10.5. The first-order chi connectivity index (χ1) is 12.0. The Morgan fingerprint density at radius 3 is 2.68 bits per heavy atom. The van der Waals surface area contributed by atoms with Crippen LogP contribution in [0.4, 0.5) is 5.69 Å². The molecule has 4 N–H and O–H groups in total. The van der Waals surface area contributed by atoms with Gasteiger partial charge in [0.2, 0.25) is 0 Å². The Morgan fingerprint density at radius 1 is 1.28 bits per heavy atom. The van der Waals surface area contributed by atoms with Crippen molar-refractivity contribution in [3.63, 3.8) is 0 Å². The zero-order chi connectivity index (χ0) is 18.3. The van der Waals surface area contributed by atoms with Gasteiger partial charge in [0.05, 0.1) is 25.4 Å². The number of thiophene rings is 1. The van der Waals surface area contributed by atoms with E-state index in [1.807, 2.05) is 49.6 Å². The first kappa shape index (κ1) is 19.1. The van der Waals surface area contributed by atoms with Gasteiger partial charge in [-0.25, -0.2) is 4.99 Å². The third kappa shape index (κ3) is 5.37. The van der Waals surface area contributed by atoms with E-state index in [0.29, 0.717) is 30.4 Å². The quantitative estimate of drug-likeness (QED) is 0.495. The average Bonchev–Trinajstić information content (AvgIpc) is 3.11. The number of hydrogen-bond acceptors (Lipinski definition) is 5. The molecule has 25 heavy (non-hydrogen) atoms. The van der Waals surface area contributed by atoms with E-state index in [9.17, 15) is 5.11 Å². The number of ether oxygens (including phenoxy) is 2. The van der Waals surface area contributed by atoms with Crippen molar-refractivity contribution in [3.05, 3.63) is 40.6 Å². The third-order valence-electron chi connectivity index (χ3n) is 3.43. The second-order valence-electron chi connectivity index (χ2n) is 5.60. The summed E-state index contributed by atoms with van der Waals surface area (Å²) in [5.74, 6) is 1.58. The van der Waals surface area contributed by atoms with Gasteiger partial charge in [-0.3, -0.25) is 0 Å². The average molecular weight is 363 g/mol. The highest BCUT2D eigenvalue weighted by molar-refractivity contribution is 7.10. The summed E-state index contributed by atoms with van der Waals surface area (Å²) in [7, 11) is 0. The number of hydrogen-bond donors (Lipinski definition) is 3. The van der Waals surface area contributed by atoms with E-state index < -0.39 is 5.60 Å². The second-order valence-corrected chi connectivity index (χ2v) is 6.55. The van der Waals surface area contributed by atoms with Gasteiger partial charge >= 0.3 is 0 Å². The minimum absolute atomic E-state index is 0.154. The fourth-order valence-electron chi connectivity index (χ4n) is 2.22. The summed E-state index contributed by atoms with van der Waals surface area (Å²) in [5.41, 5.74) is 5.60. The van der Waals surface area contributed by atoms with Crippen LogP contribution in [-0.4, -0.2) is 30.8 Å². The first-order valence-corrected chi connectivity index (χ1v) is 9.07. The molecule has 0 aliphatic heterocycles. The molecule has 7 heteroatoms. The lowest BCUT2D eigenvalue weighted by Gasteiger charge is -2.20. The summed E-state index contributed by atoms with van der Waals surface area (Å²) < 4.78 is 11.1. The van der Waals surface area contributed by atoms with E-state index in [0.717, 1.165) is 4.88 Å². The Hall–Kier alpha value is -2.25. The molecule has 0 fully saturated rings. The molecule has 0 spiro atoms. The van der Waals surface area contributed by atoms with E-state index in [4.69, 9.17) is 15.2 Å². The summed E-state index contributed by atoms with van der Waals surface area (Å²) in [6.07, 6.45) is 0. The summed E-state index contributed by atoms with van der Waals surface area (Å²) in [6, 6.07) is 9.25. The first-order valence-electron chi connectivity index (χ1n) is 8.19. The van der Waals surface area contributed by atoms with Crippen molar-refractivity contribution < 1.29 is 14.6 Å². The van der Waals surface area contributed by atoms with Gasteiger partial charge in [0.15, 0.2) is 5.96 Å². The summed E-state index contributed by atoms with van der Waals surface area (Å²) in [5, 5.41) is 15.5. The summed E-state index contributed by atoms with van der Waals surface area (Å²) in [6.45, 7) is 6.81. The Kier molecular flexibility index (Phi) is 6.66. The molecule has 0 saturated carbocycles. The second kappa shape index (κ2) is 8.73. The highest BCUT2D eigenvalue weighted by Crippen LogP contribution is 2.29. The van der Waals surface area contributed by atoms with Crippen LogP contribution in [-0.2, 0) is 5.60 Å². The minimum Gasteiger partial charge on any atom is -0.494 e. The Morgan fingerprint density at radius 2 is 2.04 bits per heavy atom. The van der Waals surface area contributed by atoms with Crippen LogP contribution in [0.25, 0.3) is 0 Å². The van der Waals surface area contributed by atoms with Gasteiger partial charge < -0.3 is 25.6 Å². The van der Waals surface area contributed by atoms with E-state index in [2.05, 4.69) is 10.3 Å². The fourth-order valence-corrected chi connectivity index (χ4v) is 3.00. The largest absolute Gasteiger partial charge is 0.494 e. The molecule has 1 aromatic heterocycles. The van der Waals surface area contributed by atoms with Crippen molar-refractivity contribution in [2.45, 2.75) is 26.4 Å². The molecule has 2 aromatic rings. The number of rotatable bonds is 8. The molecule has 2 rings (SSSR count). The van der Waals surface area contributed by atoms with Gasteiger partial charge in [-0.05, 0) is 44.4 Å². The molecule has 0 aliphatic rings. The molecular formula is C18H25N3O3S. The molecule has 1 atom stereocenters. The van der Waals surface area contributed by atoms with Crippen LogP contribution in [0, 0.1) is 0 Å². The van der Waals surface area contributed by atoms with Crippen molar-refractivity contribution in [2.75, 3.05) is 25.1 Å². The number of guanidine groups is 1. The smallest absolute Gasteiger partial charge is 0.193 e. The van der Waals surface area contributed by atoms with Crippen molar-refractivity contribution >= 4 is 23.0 Å². The number of anilines is 1. The molecule has 0 aliphatic carbocycles. The van der Waals surface area contributed by atoms with Crippen LogP contribution in [0.2, 0.25) is 0 Å². The highest BCUT2D eigenvalue weighted by atomic mass is 32.1. The van der Waals surface area contributed by atoms with Crippen LogP contribution in [0.1, 0.15) is 25.6 Å². The molecule has 1 unspecified atom stereocenters. The molecule has 0 radical (unpaired) electrons. The zero-order valence-corrected chi connectivity index (χ0v) is 15.6. The SMILES string of the molecule is CCOc1ccc(OCC)c(NC(N)=NCC(C)(O)c2cccs2)c1. The minimum atomic E-state index is -1.06. The van der Waals surface area contributed by atoms with Crippen molar-refractivity contribution in [1.82, 2.24) is 0 Å². The standard InChI is InChI=1S/C18H25N3O3S/c1-4-23-13-8-9-15(24-5-2)14(11-13)21-17(19)20-12-18(3,22)16-7-6-10-25-16/h6-11,22H,4-5,12H2,1-3H3,(H3,19,20,21). The van der Waals surface area contributed by atoms with Crippen molar-refractivity contribution in [3.8, 4) is 11.5 Å². The molecular weight excluding hydrogens is 338 g/mol. The van der Waals surface area contributed by atoms with E-state index in [1.165, 1.54) is 11.3 Å². The van der Waals surface area contributed by atoms with Crippen LogP contribution in [0.15, 0.2) is 40.7 Å². The lowest BCUT2D eigenvalue weighted by atomic mass is 10.1. The number of benzene rings is 1. The predicted molar refractivity (Wildman–Crippen MR) is 103 cm³/mol. The maximum absolute atomic E-state index is 10.5. The van der Waals surface area contributed by atoms with Crippen LogP contribution >= 0.6 is 11.3 Å². The van der Waals surface area contributed by atoms with Gasteiger partial charge in [0.25, 0.3) is 0 Å². The van der Waals surface area contributed by atoms with Gasteiger partial charge in [-0.1, -0.05) is 6.07 Å². The topological polar surface area (TPSA) is 89.1 Å². The molecule has 0 bridgehead atoms. The number of nitrogens with two attached hydrogens (primary N) is 1. The molecule has 0 amide bonds. The Labute approximate surface area is 152 Å². The third-order valence-corrected chi connectivity index (χ3v) is 4.56. The molecule has 1 heterocycles. The molecule has 136 valence electrons. The van der Waals surface area contributed by atoms with Gasteiger partial charge in [-0.2, -0.15) is 0 Å². The zero-order valence-electron chi connectivity index (χ0n) is 14.8. The van der Waals surface area contributed by atoms with Crippen molar-refractivity contribution in [1.29, 1.82) is 0 Å². The Balaban J connectivity index is 2.12. The molecule has 0 saturated heterocycles. The lowest BCUT2D eigenvalue weighted by molar-refractivity contribution is 0.0713. The predicted octanol–water partition coefficient (Wildman–Crippen LogP) is 3.18. The van der Waals surface area contributed by atoms with Gasteiger partial charge in [-0.15, -0.1) is 11.3 Å². The number of nitrogens with zero attached hydrogens (tertiary/aromatic N) is 1. The molecule has 6 nitrogen and oxygen atoms in total. The molecule has 1 aromatic carbocycles. The van der Waals surface area contributed by atoms with E-state index in [-0.39, 0.29) is 12.5 Å². The van der Waals surface area contributed by atoms with Crippen LogP contribution in [0.5, 0.6) is 11.5 Å². The monoisotopic (exact) mass is 363 g/mol. The van der Waals surface area contributed by atoms with Gasteiger partial charge in [0.1, 0.15) is 17.1 Å². The fraction of sp³-hybridized carbons (Fsp3) is 0.389. The summed E-state index contributed by atoms with van der Waals surface area (Å²) in [4.78, 5) is 5.11. The van der Waals surface area contributed by atoms with Crippen LogP contribution in [0.3, 0.4) is 0 Å². The van der Waals surface area contributed by atoms with E-state index >= 15 is 0 Å². The Bertz CT molecular complexity index is 700. The van der Waals surface area contributed by atoms with Crippen LogP contribution < -0.4 is 20.5 Å². The number of aliphatic hydroxyl groups is 1. The van der Waals surface area contributed by atoms with E-state index in [1.54, 1.807) is 6.92 Å². The van der Waals surface area contributed by atoms with Gasteiger partial charge in [0, 0.05) is 10.9 Å². The van der Waals surface area contributed by atoms with Crippen molar-refractivity contribution in [2.24, 2.45) is 10.7 Å². The summed E-state index contributed by atoms with van der Waals surface area (Å²) >= 11 is 1.48. The normalized spacial score (nSPS) is 14.0. The number of nitrogens with one attached hydrogen (secondary N) is 1. The lowest BCUT2D eigenvalue weighted by Crippen LogP contribution is -2.29. The number of aliphatic imine (C=N–C) groups is 1.